The van der Waals surface area contributed by atoms with Gasteiger partial charge in [-0.15, -0.1) is 11.3 Å². The van der Waals surface area contributed by atoms with E-state index in [1.807, 2.05) is 4.90 Å². The van der Waals surface area contributed by atoms with E-state index in [0.29, 0.717) is 5.92 Å². The van der Waals surface area contributed by atoms with Gasteiger partial charge >= 0.3 is 0 Å². The van der Waals surface area contributed by atoms with Gasteiger partial charge in [0.05, 0.1) is 10.7 Å². The average molecular weight is 383 g/mol. The molecule has 1 aromatic carbocycles. The Labute approximate surface area is 166 Å². The predicted molar refractivity (Wildman–Crippen MR) is 112 cm³/mol. The van der Waals surface area contributed by atoms with Gasteiger partial charge in [0.2, 0.25) is 6.41 Å². The van der Waals surface area contributed by atoms with E-state index >= 15 is 0 Å². The van der Waals surface area contributed by atoms with Crippen molar-refractivity contribution >= 4 is 17.7 Å². The van der Waals surface area contributed by atoms with Crippen molar-refractivity contribution in [3.8, 4) is 11.3 Å². The molecule has 0 radical (unpaired) electrons. The highest BCUT2D eigenvalue weighted by Gasteiger charge is 2.37. The van der Waals surface area contributed by atoms with Crippen molar-refractivity contribution in [1.82, 2.24) is 9.88 Å². The lowest BCUT2D eigenvalue weighted by molar-refractivity contribution is -0.119. The van der Waals surface area contributed by atoms with Crippen LogP contribution in [0, 0.1) is 0 Å². The molecule has 0 bridgehead atoms. The van der Waals surface area contributed by atoms with Crippen LogP contribution in [0.2, 0.25) is 0 Å². The molecule has 1 saturated heterocycles. The summed E-state index contributed by atoms with van der Waals surface area (Å²) in [7, 11) is 0. The van der Waals surface area contributed by atoms with Crippen LogP contribution in [0.1, 0.15) is 75.4 Å². The Kier molecular flexibility index (Phi) is 4.66. The number of carbonyl (C=O) groups excluding carboxylic acids is 1. The maximum atomic E-state index is 10.9. The Morgan fingerprint density at radius 1 is 1.07 bits per heavy atom. The van der Waals surface area contributed by atoms with Gasteiger partial charge in [0.15, 0.2) is 0 Å². The summed E-state index contributed by atoms with van der Waals surface area (Å²) in [5.41, 5.74) is 5.82. The molecule has 4 heteroatoms. The van der Waals surface area contributed by atoms with Crippen molar-refractivity contribution in [3.63, 3.8) is 0 Å². The standard InChI is InChI=1S/C23H30N2OS/c1-22(2)9-10-23(3,4)19-13-17(5-6-18(19)22)20-14-27-21(24-20)16-7-11-25(15-26)12-8-16/h5-6,13-16H,7-12H2,1-4H3. The Morgan fingerprint density at radius 3 is 2.41 bits per heavy atom. The normalized spacial score (nSPS) is 21.7. The summed E-state index contributed by atoms with van der Waals surface area (Å²) in [4.78, 5) is 17.8. The molecular weight excluding hydrogens is 352 g/mol. The van der Waals surface area contributed by atoms with Gasteiger partial charge in [-0.1, -0.05) is 39.8 Å². The molecular formula is C23H30N2OS. The van der Waals surface area contributed by atoms with Crippen LogP contribution in [0.3, 0.4) is 0 Å². The number of rotatable bonds is 3. The van der Waals surface area contributed by atoms with Gasteiger partial charge in [-0.25, -0.2) is 4.98 Å². The zero-order valence-electron chi connectivity index (χ0n) is 16.9. The fourth-order valence-corrected chi connectivity index (χ4v) is 5.61. The van der Waals surface area contributed by atoms with E-state index in [2.05, 4.69) is 51.3 Å². The number of nitrogens with zero attached hydrogens (tertiary/aromatic N) is 2. The van der Waals surface area contributed by atoms with Gasteiger partial charge in [-0.3, -0.25) is 4.79 Å². The number of hydrogen-bond donors (Lipinski definition) is 0. The summed E-state index contributed by atoms with van der Waals surface area (Å²) in [6.45, 7) is 11.2. The van der Waals surface area contributed by atoms with Crippen molar-refractivity contribution in [2.45, 2.75) is 70.1 Å². The van der Waals surface area contributed by atoms with Crippen molar-refractivity contribution in [1.29, 1.82) is 0 Å². The number of carbonyl (C=O) groups is 1. The SMILES string of the molecule is CC1(C)CCC(C)(C)c2cc(-c3csc(C4CCN(C=O)CC4)n3)ccc21. The van der Waals surface area contributed by atoms with E-state index in [4.69, 9.17) is 4.98 Å². The minimum atomic E-state index is 0.224. The molecule has 2 aromatic rings. The number of hydrogen-bond acceptors (Lipinski definition) is 3. The van der Waals surface area contributed by atoms with Crippen LogP contribution in [0.5, 0.6) is 0 Å². The number of amides is 1. The number of likely N-dealkylation sites (tertiary alicyclic amines) is 1. The molecule has 144 valence electrons. The molecule has 0 unspecified atom stereocenters. The second kappa shape index (κ2) is 6.73. The number of thiazole rings is 1. The number of fused-ring (bicyclic) bond motifs is 1. The monoisotopic (exact) mass is 382 g/mol. The molecule has 1 aliphatic heterocycles. The van der Waals surface area contributed by atoms with E-state index in [1.54, 1.807) is 11.3 Å². The highest BCUT2D eigenvalue weighted by Crippen LogP contribution is 2.47. The smallest absolute Gasteiger partial charge is 0.209 e. The zero-order valence-corrected chi connectivity index (χ0v) is 17.7. The summed E-state index contributed by atoms with van der Waals surface area (Å²) in [6.07, 6.45) is 5.49. The van der Waals surface area contributed by atoms with Crippen molar-refractivity contribution < 1.29 is 4.79 Å². The van der Waals surface area contributed by atoms with Crippen LogP contribution in [-0.4, -0.2) is 29.4 Å². The lowest BCUT2D eigenvalue weighted by atomic mass is 9.63. The molecule has 2 aliphatic rings. The van der Waals surface area contributed by atoms with Crippen molar-refractivity contribution in [3.05, 3.63) is 39.7 Å². The molecule has 3 nitrogen and oxygen atoms in total. The number of benzene rings is 1. The molecule has 1 aromatic heterocycles. The minimum absolute atomic E-state index is 0.224. The van der Waals surface area contributed by atoms with Crippen LogP contribution in [-0.2, 0) is 15.6 Å². The third kappa shape index (κ3) is 3.44. The third-order valence-corrected chi connectivity index (χ3v) is 7.71. The Hall–Kier alpha value is -1.68. The van der Waals surface area contributed by atoms with Gasteiger partial charge < -0.3 is 4.90 Å². The molecule has 0 spiro atoms. The van der Waals surface area contributed by atoms with E-state index in [0.717, 1.165) is 38.0 Å². The molecule has 2 heterocycles. The molecule has 27 heavy (non-hydrogen) atoms. The fraction of sp³-hybridized carbons (Fsp3) is 0.565. The predicted octanol–water partition coefficient (Wildman–Crippen LogP) is 5.49. The first-order chi connectivity index (χ1) is 12.8. The van der Waals surface area contributed by atoms with Gasteiger partial charge in [-0.05, 0) is 53.7 Å². The first-order valence-corrected chi connectivity index (χ1v) is 11.0. The van der Waals surface area contributed by atoms with Gasteiger partial charge in [0.25, 0.3) is 0 Å². The molecule has 1 aliphatic carbocycles. The van der Waals surface area contributed by atoms with E-state index < -0.39 is 0 Å². The van der Waals surface area contributed by atoms with Gasteiger partial charge in [-0.2, -0.15) is 0 Å². The van der Waals surface area contributed by atoms with Crippen LogP contribution in [0.4, 0.5) is 0 Å². The van der Waals surface area contributed by atoms with Crippen LogP contribution < -0.4 is 0 Å². The third-order valence-electron chi connectivity index (χ3n) is 6.70. The average Bonchev–Trinajstić information content (AvgIpc) is 3.15. The molecule has 0 atom stereocenters. The summed E-state index contributed by atoms with van der Waals surface area (Å²) in [5.74, 6) is 0.493. The van der Waals surface area contributed by atoms with E-state index in [1.165, 1.54) is 34.5 Å². The van der Waals surface area contributed by atoms with Gasteiger partial charge in [0.1, 0.15) is 0 Å². The summed E-state index contributed by atoms with van der Waals surface area (Å²) in [5, 5.41) is 3.44. The zero-order chi connectivity index (χ0) is 19.2. The summed E-state index contributed by atoms with van der Waals surface area (Å²) < 4.78 is 0. The Bertz CT molecular complexity index is 844. The maximum absolute atomic E-state index is 10.9. The Balaban J connectivity index is 1.62. The van der Waals surface area contributed by atoms with Crippen LogP contribution in [0.25, 0.3) is 11.3 Å². The maximum Gasteiger partial charge on any atom is 0.209 e. The fourth-order valence-electron chi connectivity index (χ4n) is 4.61. The number of aromatic nitrogens is 1. The van der Waals surface area contributed by atoms with E-state index in [9.17, 15) is 4.79 Å². The summed E-state index contributed by atoms with van der Waals surface area (Å²) >= 11 is 1.78. The molecule has 4 rings (SSSR count). The second-order valence-corrected chi connectivity index (χ2v) is 10.4. The summed E-state index contributed by atoms with van der Waals surface area (Å²) in [6, 6.07) is 6.99. The topological polar surface area (TPSA) is 33.2 Å². The lowest BCUT2D eigenvalue weighted by Crippen LogP contribution is -2.33. The largest absolute Gasteiger partial charge is 0.345 e. The highest BCUT2D eigenvalue weighted by molar-refractivity contribution is 7.10. The van der Waals surface area contributed by atoms with E-state index in [-0.39, 0.29) is 10.8 Å². The van der Waals surface area contributed by atoms with Gasteiger partial charge in [0, 0.05) is 30.0 Å². The highest BCUT2D eigenvalue weighted by atomic mass is 32.1. The minimum Gasteiger partial charge on any atom is -0.345 e. The lowest BCUT2D eigenvalue weighted by Gasteiger charge is -2.42. The Morgan fingerprint density at radius 2 is 1.74 bits per heavy atom. The first kappa shape index (κ1) is 18.7. The molecule has 1 fully saturated rings. The second-order valence-electron chi connectivity index (χ2n) is 9.51. The number of piperidine rings is 1. The van der Waals surface area contributed by atoms with Crippen LogP contribution >= 0.6 is 11.3 Å². The molecule has 0 N–H and O–H groups in total. The first-order valence-electron chi connectivity index (χ1n) is 10.1. The van der Waals surface area contributed by atoms with Crippen molar-refractivity contribution in [2.75, 3.05) is 13.1 Å². The quantitative estimate of drug-likeness (QED) is 0.657. The molecule has 0 saturated carbocycles. The van der Waals surface area contributed by atoms with Crippen molar-refractivity contribution in [2.24, 2.45) is 0 Å². The molecule has 1 amide bonds. The van der Waals surface area contributed by atoms with Crippen LogP contribution in [0.15, 0.2) is 23.6 Å².